The largest absolute Gasteiger partial charge is 0.461 e. The van der Waals surface area contributed by atoms with E-state index in [1.54, 1.807) is 0 Å². The smallest absolute Gasteiger partial charge is 0.319 e. The Bertz CT molecular complexity index is 1270. The van der Waals surface area contributed by atoms with Crippen molar-refractivity contribution >= 4 is 28.3 Å². The Morgan fingerprint density at radius 1 is 1.16 bits per heavy atom. The number of fused-ring (bicyclic) bond motifs is 2. The van der Waals surface area contributed by atoms with Gasteiger partial charge in [0.2, 0.25) is 0 Å². The second kappa shape index (κ2) is 10.3. The standard InChI is InChI=1S/C27H31ClFN5O3/c28-24-22(29)23-21(13-30-24)25(33-10-4-8-20(35)14-33)32-26(31-23)37-17-27-9-5-11-34(27)19(12-27)16-36-15-18-6-2-1-3-7-18/h1-3,6-7,13,19-20,35H,4-5,8-12,14-17H2. The number of β-amino-alcohol motifs (C(OH)–C–C–N with tert-alkyl or cyclic N) is 1. The maximum absolute atomic E-state index is 15.0. The summed E-state index contributed by atoms with van der Waals surface area (Å²) in [7, 11) is 0. The molecule has 1 N–H and O–H groups in total. The molecule has 0 saturated carbocycles. The van der Waals surface area contributed by atoms with Crippen molar-refractivity contribution < 1.29 is 19.0 Å². The van der Waals surface area contributed by atoms with Gasteiger partial charge in [-0.1, -0.05) is 41.9 Å². The van der Waals surface area contributed by atoms with E-state index in [0.717, 1.165) is 38.6 Å². The van der Waals surface area contributed by atoms with Crippen molar-refractivity contribution in [3.8, 4) is 6.01 Å². The fourth-order valence-electron chi connectivity index (χ4n) is 6.09. The van der Waals surface area contributed by atoms with Crippen molar-refractivity contribution in [2.45, 2.75) is 56.4 Å². The van der Waals surface area contributed by atoms with Crippen LogP contribution in [0.5, 0.6) is 6.01 Å². The number of hydrogen-bond acceptors (Lipinski definition) is 8. The molecule has 3 atom stereocenters. The summed E-state index contributed by atoms with van der Waals surface area (Å²) in [4.78, 5) is 17.4. The lowest BCUT2D eigenvalue weighted by atomic mass is 9.80. The highest BCUT2D eigenvalue weighted by molar-refractivity contribution is 6.30. The van der Waals surface area contributed by atoms with Crippen LogP contribution in [0, 0.1) is 5.82 Å². The first kappa shape index (κ1) is 24.7. The van der Waals surface area contributed by atoms with E-state index in [4.69, 9.17) is 21.1 Å². The minimum absolute atomic E-state index is 0.0744. The van der Waals surface area contributed by atoms with Crippen LogP contribution in [-0.4, -0.2) is 75.5 Å². The number of aromatic nitrogens is 3. The zero-order chi connectivity index (χ0) is 25.4. The Hall–Kier alpha value is -2.59. The third kappa shape index (κ3) is 4.85. The molecule has 0 aliphatic carbocycles. The average molecular weight is 528 g/mol. The zero-order valence-corrected chi connectivity index (χ0v) is 21.4. The first-order valence-electron chi connectivity index (χ1n) is 13.0. The summed E-state index contributed by atoms with van der Waals surface area (Å²) in [5.41, 5.74) is 1.18. The molecule has 0 amide bonds. The van der Waals surface area contributed by atoms with Crippen molar-refractivity contribution in [3.63, 3.8) is 0 Å². The molecule has 3 aliphatic heterocycles. The molecule has 0 bridgehead atoms. The van der Waals surface area contributed by atoms with Gasteiger partial charge in [-0.15, -0.1) is 0 Å². The topological polar surface area (TPSA) is 83.8 Å². The third-order valence-electron chi connectivity index (χ3n) is 7.90. The van der Waals surface area contributed by atoms with Crippen LogP contribution in [0.15, 0.2) is 36.5 Å². The number of anilines is 1. The van der Waals surface area contributed by atoms with Gasteiger partial charge in [-0.05, 0) is 44.2 Å². The minimum Gasteiger partial charge on any atom is -0.461 e. The zero-order valence-electron chi connectivity index (χ0n) is 20.7. The molecule has 37 heavy (non-hydrogen) atoms. The number of ether oxygens (including phenoxy) is 2. The normalized spacial score (nSPS) is 25.8. The van der Waals surface area contributed by atoms with Crippen LogP contribution in [0.2, 0.25) is 5.15 Å². The summed E-state index contributed by atoms with van der Waals surface area (Å²) in [6.45, 7) is 3.84. The molecule has 10 heteroatoms. The molecular weight excluding hydrogens is 497 g/mol. The maximum atomic E-state index is 15.0. The molecule has 0 spiro atoms. The first-order chi connectivity index (χ1) is 18.0. The summed E-state index contributed by atoms with van der Waals surface area (Å²) in [6, 6.07) is 10.7. The number of piperidine rings is 1. The number of hydrogen-bond donors (Lipinski definition) is 1. The molecule has 2 aromatic heterocycles. The molecule has 8 nitrogen and oxygen atoms in total. The predicted molar refractivity (Wildman–Crippen MR) is 138 cm³/mol. The van der Waals surface area contributed by atoms with Gasteiger partial charge in [0.25, 0.3) is 0 Å². The molecule has 0 radical (unpaired) electrons. The fourth-order valence-corrected chi connectivity index (χ4v) is 6.22. The van der Waals surface area contributed by atoms with Gasteiger partial charge in [0.15, 0.2) is 11.0 Å². The van der Waals surface area contributed by atoms with Crippen LogP contribution < -0.4 is 9.64 Å². The Kier molecular flexibility index (Phi) is 6.88. The number of aliphatic hydroxyl groups is 1. The summed E-state index contributed by atoms with van der Waals surface area (Å²) in [5.74, 6) is -0.173. The highest BCUT2D eigenvalue weighted by Crippen LogP contribution is 2.45. The van der Waals surface area contributed by atoms with Gasteiger partial charge < -0.3 is 19.5 Å². The quantitative estimate of drug-likeness (QED) is 0.440. The van der Waals surface area contributed by atoms with E-state index in [1.807, 2.05) is 23.1 Å². The predicted octanol–water partition coefficient (Wildman–Crippen LogP) is 3.98. The Morgan fingerprint density at radius 3 is 2.86 bits per heavy atom. The van der Waals surface area contributed by atoms with E-state index in [2.05, 4.69) is 32.0 Å². The van der Waals surface area contributed by atoms with E-state index in [1.165, 1.54) is 11.8 Å². The van der Waals surface area contributed by atoms with Crippen LogP contribution in [0.25, 0.3) is 10.9 Å². The van der Waals surface area contributed by atoms with Crippen molar-refractivity contribution in [2.24, 2.45) is 0 Å². The van der Waals surface area contributed by atoms with Crippen molar-refractivity contribution in [3.05, 3.63) is 53.1 Å². The summed E-state index contributed by atoms with van der Waals surface area (Å²) < 4.78 is 27.1. The molecule has 3 aromatic rings. The monoisotopic (exact) mass is 527 g/mol. The summed E-state index contributed by atoms with van der Waals surface area (Å²) in [5, 5.41) is 10.4. The van der Waals surface area contributed by atoms with Gasteiger partial charge in [-0.2, -0.15) is 9.97 Å². The molecule has 1 aromatic carbocycles. The van der Waals surface area contributed by atoms with Crippen molar-refractivity contribution in [2.75, 3.05) is 37.7 Å². The van der Waals surface area contributed by atoms with Crippen LogP contribution in [0.3, 0.4) is 0 Å². The van der Waals surface area contributed by atoms with Gasteiger partial charge in [-0.3, -0.25) is 4.90 Å². The Morgan fingerprint density at radius 2 is 2.03 bits per heavy atom. The third-order valence-corrected chi connectivity index (χ3v) is 8.16. The lowest BCUT2D eigenvalue weighted by Crippen LogP contribution is -2.66. The molecule has 3 saturated heterocycles. The van der Waals surface area contributed by atoms with Crippen LogP contribution in [0.4, 0.5) is 10.2 Å². The average Bonchev–Trinajstić information content (AvgIpc) is 3.24. The molecule has 3 fully saturated rings. The second-order valence-electron chi connectivity index (χ2n) is 10.4. The van der Waals surface area contributed by atoms with E-state index in [-0.39, 0.29) is 22.2 Å². The minimum atomic E-state index is -0.690. The van der Waals surface area contributed by atoms with Crippen LogP contribution >= 0.6 is 11.6 Å². The maximum Gasteiger partial charge on any atom is 0.319 e. The second-order valence-corrected chi connectivity index (χ2v) is 10.7. The Labute approximate surface area is 220 Å². The van der Waals surface area contributed by atoms with Gasteiger partial charge in [-0.25, -0.2) is 9.37 Å². The highest BCUT2D eigenvalue weighted by Gasteiger charge is 2.54. The van der Waals surface area contributed by atoms with E-state index in [9.17, 15) is 9.50 Å². The van der Waals surface area contributed by atoms with E-state index >= 15 is 0 Å². The van der Waals surface area contributed by atoms with Gasteiger partial charge in [0.1, 0.15) is 17.9 Å². The molecule has 3 unspecified atom stereocenters. The van der Waals surface area contributed by atoms with Crippen LogP contribution in [-0.2, 0) is 11.3 Å². The lowest BCUT2D eigenvalue weighted by molar-refractivity contribution is -0.0990. The summed E-state index contributed by atoms with van der Waals surface area (Å²) >= 11 is 5.97. The lowest BCUT2D eigenvalue weighted by Gasteiger charge is -2.54. The molecule has 6 rings (SSSR count). The molecular formula is C27H31ClFN5O3. The molecule has 3 aliphatic rings. The first-order valence-corrected chi connectivity index (χ1v) is 13.4. The molecule has 5 heterocycles. The number of rotatable bonds is 8. The Balaban J connectivity index is 1.16. The number of halogens is 2. The van der Waals surface area contributed by atoms with E-state index < -0.39 is 11.9 Å². The highest BCUT2D eigenvalue weighted by atomic mass is 35.5. The number of pyridine rings is 1. The molecule has 196 valence electrons. The van der Waals surface area contributed by atoms with Crippen LogP contribution in [0.1, 0.15) is 37.7 Å². The summed E-state index contributed by atoms with van der Waals surface area (Å²) in [6.07, 6.45) is 5.69. The van der Waals surface area contributed by atoms with E-state index in [0.29, 0.717) is 50.2 Å². The number of nitrogens with zero attached hydrogens (tertiary/aromatic N) is 5. The van der Waals surface area contributed by atoms with Gasteiger partial charge in [0, 0.05) is 25.3 Å². The number of aliphatic hydroxyl groups excluding tert-OH is 1. The SMILES string of the molecule is OC1CCCN(c2nc(OCC34CCCN3C(COCc3ccccc3)C4)nc3c(F)c(Cl)ncc23)C1. The van der Waals surface area contributed by atoms with Crippen molar-refractivity contribution in [1.29, 1.82) is 0 Å². The fraction of sp³-hybridized carbons (Fsp3) is 0.519. The number of benzene rings is 1. The van der Waals surface area contributed by atoms with Gasteiger partial charge in [0.05, 0.1) is 30.2 Å². The van der Waals surface area contributed by atoms with Gasteiger partial charge >= 0.3 is 6.01 Å². The van der Waals surface area contributed by atoms with Crippen molar-refractivity contribution in [1.82, 2.24) is 19.9 Å².